The number of aliphatic hydroxyl groups is 2. The Morgan fingerprint density at radius 1 is 0.414 bits per heavy atom. The van der Waals surface area contributed by atoms with Crippen molar-refractivity contribution in [2.24, 2.45) is 0 Å². The summed E-state index contributed by atoms with van der Waals surface area (Å²) < 4.78 is 5.45. The molecule has 2 atom stereocenters. The van der Waals surface area contributed by atoms with Gasteiger partial charge in [-0.15, -0.1) is 0 Å². The van der Waals surface area contributed by atoms with Gasteiger partial charge in [0.2, 0.25) is 5.91 Å². The van der Waals surface area contributed by atoms with E-state index < -0.39 is 12.1 Å². The largest absolute Gasteiger partial charge is 0.466 e. The number of hydrogen-bond acceptors (Lipinski definition) is 5. The molecule has 0 radical (unpaired) electrons. The fraction of sp³-hybridized carbons (Fsp3) is 0.812. The minimum absolute atomic E-state index is 0.0366. The predicted octanol–water partition coefficient (Wildman–Crippen LogP) is 19.1. The lowest BCUT2D eigenvalue weighted by Gasteiger charge is -2.20. The molecule has 0 heterocycles. The maximum Gasteiger partial charge on any atom is 0.305 e. The molecule has 408 valence electrons. The van der Waals surface area contributed by atoms with Crippen molar-refractivity contribution in [2.45, 2.75) is 321 Å². The maximum atomic E-state index is 12.5. The minimum Gasteiger partial charge on any atom is -0.466 e. The average Bonchev–Trinajstić information content (AvgIpc) is 3.36. The van der Waals surface area contributed by atoms with Gasteiger partial charge in [-0.25, -0.2) is 0 Å². The van der Waals surface area contributed by atoms with Gasteiger partial charge >= 0.3 is 5.97 Å². The zero-order chi connectivity index (χ0) is 50.7. The molecular weight excluding hydrogens is 863 g/mol. The summed E-state index contributed by atoms with van der Waals surface area (Å²) >= 11 is 0. The Kier molecular flexibility index (Phi) is 57.1. The van der Waals surface area contributed by atoms with Crippen LogP contribution in [-0.2, 0) is 14.3 Å². The molecule has 0 rings (SSSR count). The van der Waals surface area contributed by atoms with Gasteiger partial charge in [-0.1, -0.05) is 261 Å². The van der Waals surface area contributed by atoms with E-state index >= 15 is 0 Å². The Hall–Kier alpha value is -2.44. The number of ether oxygens (including phenoxy) is 1. The van der Waals surface area contributed by atoms with E-state index in [4.69, 9.17) is 4.74 Å². The lowest BCUT2D eigenvalue weighted by atomic mass is 10.0. The summed E-state index contributed by atoms with van der Waals surface area (Å²) in [5.74, 6) is -0.126. The van der Waals surface area contributed by atoms with Crippen molar-refractivity contribution in [3.05, 3.63) is 60.8 Å². The van der Waals surface area contributed by atoms with Crippen LogP contribution in [0.5, 0.6) is 0 Å². The number of carbonyl (C=O) groups excluding carboxylic acids is 2. The first-order chi connectivity index (χ1) is 34.5. The quantitative estimate of drug-likeness (QED) is 0.0244. The lowest BCUT2D eigenvalue weighted by Crippen LogP contribution is -2.45. The van der Waals surface area contributed by atoms with E-state index in [9.17, 15) is 19.8 Å². The van der Waals surface area contributed by atoms with Gasteiger partial charge in [-0.3, -0.25) is 9.59 Å². The third-order valence-electron chi connectivity index (χ3n) is 13.8. The van der Waals surface area contributed by atoms with Crippen molar-refractivity contribution in [1.82, 2.24) is 5.32 Å². The molecule has 2 unspecified atom stereocenters. The summed E-state index contributed by atoms with van der Waals surface area (Å²) in [6.07, 6.45) is 76.8. The molecule has 0 aliphatic heterocycles. The average molecular weight is 981 g/mol. The van der Waals surface area contributed by atoms with Crippen LogP contribution in [0.3, 0.4) is 0 Å². The molecule has 0 aliphatic rings. The first-order valence-corrected chi connectivity index (χ1v) is 30.6. The highest BCUT2D eigenvalue weighted by atomic mass is 16.5. The van der Waals surface area contributed by atoms with E-state index in [1.807, 2.05) is 6.08 Å². The highest BCUT2D eigenvalue weighted by Crippen LogP contribution is 2.16. The summed E-state index contributed by atoms with van der Waals surface area (Å²) in [6, 6.07) is -0.648. The van der Waals surface area contributed by atoms with E-state index in [-0.39, 0.29) is 18.5 Å². The van der Waals surface area contributed by atoms with E-state index in [2.05, 4.69) is 67.8 Å². The topological polar surface area (TPSA) is 95.9 Å². The molecule has 0 aromatic heterocycles. The normalized spacial score (nSPS) is 13.0. The Morgan fingerprint density at radius 2 is 0.757 bits per heavy atom. The van der Waals surface area contributed by atoms with Crippen LogP contribution >= 0.6 is 0 Å². The highest BCUT2D eigenvalue weighted by Gasteiger charge is 2.18. The molecule has 6 heteroatoms. The van der Waals surface area contributed by atoms with E-state index in [1.165, 1.54) is 193 Å². The minimum atomic E-state index is -0.862. The molecule has 0 saturated heterocycles. The number of unbranched alkanes of at least 4 members (excludes halogenated alkanes) is 38. The predicted molar refractivity (Wildman–Crippen MR) is 305 cm³/mol. The Labute approximate surface area is 435 Å². The number of nitrogens with one attached hydrogen (secondary N) is 1. The maximum absolute atomic E-state index is 12.5. The van der Waals surface area contributed by atoms with Crippen molar-refractivity contribution >= 4 is 11.9 Å². The summed E-state index contributed by atoms with van der Waals surface area (Å²) in [5, 5.41) is 23.2. The summed E-state index contributed by atoms with van der Waals surface area (Å²) in [6.45, 7) is 4.83. The fourth-order valence-corrected chi connectivity index (χ4v) is 9.07. The summed E-state index contributed by atoms with van der Waals surface area (Å²) in [5.41, 5.74) is 0. The third kappa shape index (κ3) is 54.9. The number of hydrogen-bond donors (Lipinski definition) is 3. The van der Waals surface area contributed by atoms with Crippen LogP contribution in [0.2, 0.25) is 0 Å². The van der Waals surface area contributed by atoms with Gasteiger partial charge < -0.3 is 20.3 Å². The van der Waals surface area contributed by atoms with Crippen molar-refractivity contribution in [3.8, 4) is 0 Å². The zero-order valence-electron chi connectivity index (χ0n) is 46.5. The molecule has 0 bridgehead atoms. The van der Waals surface area contributed by atoms with Crippen LogP contribution in [0.4, 0.5) is 0 Å². The van der Waals surface area contributed by atoms with Gasteiger partial charge in [0.05, 0.1) is 25.4 Å². The first-order valence-electron chi connectivity index (χ1n) is 30.6. The number of aliphatic hydroxyl groups excluding tert-OH is 2. The van der Waals surface area contributed by atoms with Gasteiger partial charge in [-0.05, 0) is 96.3 Å². The molecule has 0 aromatic rings. The van der Waals surface area contributed by atoms with Crippen LogP contribution in [0.1, 0.15) is 309 Å². The van der Waals surface area contributed by atoms with Crippen LogP contribution in [0, 0.1) is 0 Å². The third-order valence-corrected chi connectivity index (χ3v) is 13.8. The first kappa shape index (κ1) is 67.6. The van der Waals surface area contributed by atoms with E-state index in [0.29, 0.717) is 19.4 Å². The molecule has 6 nitrogen and oxygen atoms in total. The Balaban J connectivity index is 3.56. The van der Waals surface area contributed by atoms with Crippen molar-refractivity contribution in [3.63, 3.8) is 0 Å². The van der Waals surface area contributed by atoms with Gasteiger partial charge in [0.1, 0.15) is 0 Å². The van der Waals surface area contributed by atoms with E-state index in [0.717, 1.165) is 89.9 Å². The molecule has 3 N–H and O–H groups in total. The molecule has 0 fully saturated rings. The molecular formula is C64H117NO5. The van der Waals surface area contributed by atoms with E-state index in [1.54, 1.807) is 6.08 Å². The number of allylic oxidation sites excluding steroid dienone is 9. The van der Waals surface area contributed by atoms with Crippen molar-refractivity contribution < 1.29 is 24.5 Å². The number of carbonyl (C=O) groups is 2. The van der Waals surface area contributed by atoms with Crippen LogP contribution in [0.25, 0.3) is 0 Å². The number of amides is 1. The summed E-state index contributed by atoms with van der Waals surface area (Å²) in [7, 11) is 0. The monoisotopic (exact) mass is 980 g/mol. The van der Waals surface area contributed by atoms with Gasteiger partial charge in [0.25, 0.3) is 0 Å². The molecule has 0 saturated carbocycles. The van der Waals surface area contributed by atoms with Crippen molar-refractivity contribution in [1.29, 1.82) is 0 Å². The van der Waals surface area contributed by atoms with Crippen LogP contribution in [-0.4, -0.2) is 47.4 Å². The Bertz CT molecular complexity index is 1220. The Morgan fingerprint density at radius 3 is 1.19 bits per heavy atom. The highest BCUT2D eigenvalue weighted by molar-refractivity contribution is 5.76. The lowest BCUT2D eigenvalue weighted by molar-refractivity contribution is -0.143. The zero-order valence-corrected chi connectivity index (χ0v) is 46.5. The second kappa shape index (κ2) is 59.1. The second-order valence-electron chi connectivity index (χ2n) is 20.7. The standard InChI is InChI=1S/C64H117NO5/c1-3-5-7-9-11-13-15-17-19-21-22-23-24-25-26-28-32-36-40-44-48-52-56-62(67)61(60-66)65-63(68)57-53-49-45-41-37-33-29-27-31-35-39-43-47-51-55-59-70-64(69)58-54-50-46-42-38-34-30-20-18-16-14-12-10-8-6-4-2/h14,16,20,27,30-31,35,39,52,56,61-62,66-67H,3-13,15,17-19,21-26,28-29,32-34,36-38,40-51,53-55,57-60H2,1-2H3,(H,65,68)/b16-14-,30-20-,31-27-,39-35-,56-52+. The number of rotatable bonds is 56. The molecule has 0 spiro atoms. The fourth-order valence-electron chi connectivity index (χ4n) is 9.07. The van der Waals surface area contributed by atoms with Crippen molar-refractivity contribution in [2.75, 3.05) is 13.2 Å². The smallest absolute Gasteiger partial charge is 0.305 e. The molecule has 0 aromatic carbocycles. The van der Waals surface area contributed by atoms with Crippen LogP contribution in [0.15, 0.2) is 60.8 Å². The SMILES string of the molecule is CCCCCC/C=C\C/C=C\CCCCCCCC(=O)OCCCCC/C=C\C=C/CCCCCCCCC(=O)NC(CO)C(O)/C=C/CCCCCCCCCCCCCCCCCCCCCC. The second-order valence-corrected chi connectivity index (χ2v) is 20.7. The molecule has 70 heavy (non-hydrogen) atoms. The number of esters is 1. The van der Waals surface area contributed by atoms with Gasteiger partial charge in [0.15, 0.2) is 0 Å². The summed E-state index contributed by atoms with van der Waals surface area (Å²) in [4.78, 5) is 24.5. The molecule has 0 aliphatic carbocycles. The molecule has 1 amide bonds. The van der Waals surface area contributed by atoms with Gasteiger partial charge in [-0.2, -0.15) is 0 Å². The van der Waals surface area contributed by atoms with Crippen LogP contribution < -0.4 is 5.32 Å². The van der Waals surface area contributed by atoms with Gasteiger partial charge in [0, 0.05) is 12.8 Å².